The van der Waals surface area contributed by atoms with Crippen molar-refractivity contribution in [3.05, 3.63) is 60.2 Å². The van der Waals surface area contributed by atoms with Crippen LogP contribution in [0.15, 0.2) is 54.6 Å². The highest BCUT2D eigenvalue weighted by molar-refractivity contribution is 5.93. The van der Waals surface area contributed by atoms with Gasteiger partial charge in [0, 0.05) is 14.1 Å². The number of amides is 2. The van der Waals surface area contributed by atoms with Gasteiger partial charge in [0.05, 0.1) is 17.9 Å². The van der Waals surface area contributed by atoms with E-state index in [0.717, 1.165) is 11.3 Å². The minimum Gasteiger partial charge on any atom is -0.384 e. The highest BCUT2D eigenvalue weighted by atomic mass is 16.3. The molecule has 0 aliphatic carbocycles. The molecule has 5 nitrogen and oxygen atoms in total. The zero-order valence-corrected chi connectivity index (χ0v) is 13.7. The average molecular weight is 313 g/mol. The molecule has 0 aromatic heterocycles. The van der Waals surface area contributed by atoms with Crippen LogP contribution in [0.3, 0.4) is 0 Å². The SMILES string of the molecule is CN(C)c1ccccc1NC(=O)NCC(C)(O)c1ccccc1. The van der Waals surface area contributed by atoms with Gasteiger partial charge in [-0.1, -0.05) is 42.5 Å². The molecule has 0 heterocycles. The van der Waals surface area contributed by atoms with E-state index >= 15 is 0 Å². The second-order valence-corrected chi connectivity index (χ2v) is 5.86. The summed E-state index contributed by atoms with van der Waals surface area (Å²) in [6, 6.07) is 16.5. The molecule has 0 aliphatic heterocycles. The van der Waals surface area contributed by atoms with Crippen LogP contribution >= 0.6 is 0 Å². The molecule has 0 saturated heterocycles. The van der Waals surface area contributed by atoms with Crippen LogP contribution in [-0.4, -0.2) is 31.8 Å². The molecule has 23 heavy (non-hydrogen) atoms. The first kappa shape index (κ1) is 16.8. The van der Waals surface area contributed by atoms with Gasteiger partial charge < -0.3 is 20.6 Å². The summed E-state index contributed by atoms with van der Waals surface area (Å²) in [5, 5.41) is 16.0. The van der Waals surface area contributed by atoms with Gasteiger partial charge in [0.1, 0.15) is 5.60 Å². The zero-order valence-electron chi connectivity index (χ0n) is 13.7. The first-order chi connectivity index (χ1) is 10.9. The van der Waals surface area contributed by atoms with Crippen molar-refractivity contribution in [2.45, 2.75) is 12.5 Å². The Morgan fingerprint density at radius 1 is 1.09 bits per heavy atom. The normalized spacial score (nSPS) is 13.0. The monoisotopic (exact) mass is 313 g/mol. The molecule has 5 heteroatoms. The molecule has 0 saturated carbocycles. The van der Waals surface area contributed by atoms with E-state index in [1.807, 2.05) is 73.6 Å². The first-order valence-corrected chi connectivity index (χ1v) is 7.49. The highest BCUT2D eigenvalue weighted by Gasteiger charge is 2.23. The molecule has 2 amide bonds. The van der Waals surface area contributed by atoms with E-state index in [-0.39, 0.29) is 12.6 Å². The van der Waals surface area contributed by atoms with E-state index in [1.54, 1.807) is 6.92 Å². The van der Waals surface area contributed by atoms with Crippen molar-refractivity contribution >= 4 is 17.4 Å². The topological polar surface area (TPSA) is 64.6 Å². The summed E-state index contributed by atoms with van der Waals surface area (Å²) >= 11 is 0. The number of anilines is 2. The molecule has 2 aromatic carbocycles. The van der Waals surface area contributed by atoms with Gasteiger partial charge in [0.2, 0.25) is 0 Å². The third kappa shape index (κ3) is 4.47. The molecule has 2 rings (SSSR count). The second kappa shape index (κ2) is 7.15. The van der Waals surface area contributed by atoms with E-state index in [2.05, 4.69) is 10.6 Å². The number of hydrogen-bond acceptors (Lipinski definition) is 3. The maximum absolute atomic E-state index is 12.1. The van der Waals surface area contributed by atoms with Crippen LogP contribution in [-0.2, 0) is 5.60 Å². The van der Waals surface area contributed by atoms with E-state index in [0.29, 0.717) is 5.69 Å². The quantitative estimate of drug-likeness (QED) is 0.795. The van der Waals surface area contributed by atoms with Crippen LogP contribution in [0.2, 0.25) is 0 Å². The molecule has 1 atom stereocenters. The number of carbonyl (C=O) groups excluding carboxylic acids is 1. The van der Waals surface area contributed by atoms with E-state index in [9.17, 15) is 9.90 Å². The molecule has 2 aromatic rings. The van der Waals surface area contributed by atoms with Gasteiger partial charge in [-0.3, -0.25) is 0 Å². The summed E-state index contributed by atoms with van der Waals surface area (Å²) in [7, 11) is 3.83. The fraction of sp³-hybridized carbons (Fsp3) is 0.278. The molecular weight excluding hydrogens is 290 g/mol. The van der Waals surface area contributed by atoms with Gasteiger partial charge >= 0.3 is 6.03 Å². The van der Waals surface area contributed by atoms with Crippen molar-refractivity contribution in [1.82, 2.24) is 5.32 Å². The number of rotatable bonds is 5. The van der Waals surface area contributed by atoms with E-state index in [4.69, 9.17) is 0 Å². The summed E-state index contributed by atoms with van der Waals surface area (Å²) in [4.78, 5) is 14.0. The highest BCUT2D eigenvalue weighted by Crippen LogP contribution is 2.23. The third-order valence-corrected chi connectivity index (χ3v) is 3.62. The van der Waals surface area contributed by atoms with Gasteiger partial charge in [-0.05, 0) is 24.6 Å². The standard InChI is InChI=1S/C18H23N3O2/c1-18(23,14-9-5-4-6-10-14)13-19-17(22)20-15-11-7-8-12-16(15)21(2)3/h4-12,23H,13H2,1-3H3,(H2,19,20,22). The lowest BCUT2D eigenvalue weighted by Gasteiger charge is -2.24. The number of para-hydroxylation sites is 2. The Bertz CT molecular complexity index is 654. The van der Waals surface area contributed by atoms with Crippen LogP contribution < -0.4 is 15.5 Å². The van der Waals surface area contributed by atoms with Gasteiger partial charge in [-0.25, -0.2) is 4.79 Å². The lowest BCUT2D eigenvalue weighted by molar-refractivity contribution is 0.0599. The molecule has 0 spiro atoms. The smallest absolute Gasteiger partial charge is 0.319 e. The first-order valence-electron chi connectivity index (χ1n) is 7.49. The van der Waals surface area contributed by atoms with Crippen LogP contribution in [0.5, 0.6) is 0 Å². The number of nitrogens with one attached hydrogen (secondary N) is 2. The number of nitrogens with zero attached hydrogens (tertiary/aromatic N) is 1. The maximum Gasteiger partial charge on any atom is 0.319 e. The summed E-state index contributed by atoms with van der Waals surface area (Å²) in [6.45, 7) is 1.79. The van der Waals surface area contributed by atoms with Crippen molar-refractivity contribution in [2.24, 2.45) is 0 Å². The number of carbonyl (C=O) groups is 1. The largest absolute Gasteiger partial charge is 0.384 e. The van der Waals surface area contributed by atoms with Crippen molar-refractivity contribution in [1.29, 1.82) is 0 Å². The van der Waals surface area contributed by atoms with Gasteiger partial charge in [-0.2, -0.15) is 0 Å². The van der Waals surface area contributed by atoms with E-state index in [1.165, 1.54) is 0 Å². The van der Waals surface area contributed by atoms with Crippen molar-refractivity contribution in [3.8, 4) is 0 Å². The Labute approximate surface area is 136 Å². The average Bonchev–Trinajstić information content (AvgIpc) is 2.54. The number of hydrogen-bond donors (Lipinski definition) is 3. The minimum atomic E-state index is -1.13. The Kier molecular flexibility index (Phi) is 5.24. The van der Waals surface area contributed by atoms with Crippen LogP contribution in [0.25, 0.3) is 0 Å². The molecule has 0 aliphatic rings. The third-order valence-electron chi connectivity index (χ3n) is 3.62. The van der Waals surface area contributed by atoms with Gasteiger partial charge in [-0.15, -0.1) is 0 Å². The molecule has 0 bridgehead atoms. The number of urea groups is 1. The van der Waals surface area contributed by atoms with Crippen LogP contribution in [0, 0.1) is 0 Å². The predicted molar refractivity (Wildman–Crippen MR) is 93.8 cm³/mol. The van der Waals surface area contributed by atoms with Gasteiger partial charge in [0.15, 0.2) is 0 Å². The summed E-state index contributed by atoms with van der Waals surface area (Å²) in [5.74, 6) is 0. The van der Waals surface area contributed by atoms with Crippen molar-refractivity contribution in [3.63, 3.8) is 0 Å². The molecule has 122 valence electrons. The summed E-state index contributed by atoms with van der Waals surface area (Å²) in [5.41, 5.74) is 1.26. The zero-order chi connectivity index (χ0) is 16.9. The number of benzene rings is 2. The van der Waals surface area contributed by atoms with Crippen LogP contribution in [0.4, 0.5) is 16.2 Å². The molecule has 0 fully saturated rings. The Hall–Kier alpha value is -2.53. The van der Waals surface area contributed by atoms with Crippen molar-refractivity contribution < 1.29 is 9.90 Å². The Balaban J connectivity index is 1.98. The second-order valence-electron chi connectivity index (χ2n) is 5.86. The molecule has 0 radical (unpaired) electrons. The number of aliphatic hydroxyl groups is 1. The summed E-state index contributed by atoms with van der Waals surface area (Å²) < 4.78 is 0. The Morgan fingerprint density at radius 3 is 2.35 bits per heavy atom. The van der Waals surface area contributed by atoms with Crippen LogP contribution in [0.1, 0.15) is 12.5 Å². The molecule has 3 N–H and O–H groups in total. The lowest BCUT2D eigenvalue weighted by atomic mass is 9.96. The van der Waals surface area contributed by atoms with Crippen molar-refractivity contribution in [2.75, 3.05) is 30.9 Å². The minimum absolute atomic E-state index is 0.118. The lowest BCUT2D eigenvalue weighted by Crippen LogP contribution is -2.40. The fourth-order valence-electron chi connectivity index (χ4n) is 2.29. The fourth-order valence-corrected chi connectivity index (χ4v) is 2.29. The predicted octanol–water partition coefficient (Wildman–Crippen LogP) is 2.78. The molecular formula is C18H23N3O2. The summed E-state index contributed by atoms with van der Waals surface area (Å²) in [6.07, 6.45) is 0. The molecule has 1 unspecified atom stereocenters. The maximum atomic E-state index is 12.1. The van der Waals surface area contributed by atoms with E-state index < -0.39 is 5.60 Å². The Morgan fingerprint density at radius 2 is 1.70 bits per heavy atom. The van der Waals surface area contributed by atoms with Gasteiger partial charge in [0.25, 0.3) is 0 Å².